The average Bonchev–Trinajstić information content (AvgIpc) is 2.49. The topological polar surface area (TPSA) is 20.3 Å². The van der Waals surface area contributed by atoms with E-state index in [9.17, 15) is 4.79 Å². The third-order valence-corrected chi connectivity index (χ3v) is 3.99. The number of halogens is 2. The van der Waals surface area contributed by atoms with Gasteiger partial charge in [-0.05, 0) is 24.7 Å². The van der Waals surface area contributed by atoms with Crippen molar-refractivity contribution in [3.8, 4) is 0 Å². The lowest BCUT2D eigenvalue weighted by Crippen LogP contribution is -2.21. The highest BCUT2D eigenvalue weighted by Gasteiger charge is 2.08. The van der Waals surface area contributed by atoms with Gasteiger partial charge in [-0.25, -0.2) is 0 Å². The first kappa shape index (κ1) is 16.0. The van der Waals surface area contributed by atoms with Crippen LogP contribution in [0.5, 0.6) is 0 Å². The van der Waals surface area contributed by atoms with Gasteiger partial charge in [-0.3, -0.25) is 4.79 Å². The molecule has 0 aromatic heterocycles. The van der Waals surface area contributed by atoms with Gasteiger partial charge in [0, 0.05) is 25.1 Å². The molecule has 4 heteroatoms. The van der Waals surface area contributed by atoms with Crippen LogP contribution in [0, 0.1) is 0 Å². The van der Waals surface area contributed by atoms with Crippen LogP contribution >= 0.6 is 23.2 Å². The number of carbonyl (C=O) groups excluding carboxylic acids is 1. The Balaban J connectivity index is 1.86. The molecule has 0 saturated heterocycles. The Hall–Kier alpha value is -1.35. The summed E-state index contributed by atoms with van der Waals surface area (Å²) < 4.78 is 0. The quantitative estimate of drug-likeness (QED) is 0.719. The molecular weight excluding hydrogens is 305 g/mol. The van der Waals surface area contributed by atoms with E-state index in [2.05, 4.69) is 4.90 Å². The highest BCUT2D eigenvalue weighted by atomic mass is 35.5. The molecule has 0 unspecified atom stereocenters. The van der Waals surface area contributed by atoms with Crippen molar-refractivity contribution in [3.63, 3.8) is 0 Å². The number of carbonyl (C=O) groups is 1. The third-order valence-electron chi connectivity index (χ3n) is 3.25. The second-order valence-electron chi connectivity index (χ2n) is 5.03. The zero-order valence-electron chi connectivity index (χ0n) is 11.9. The first-order valence-electron chi connectivity index (χ1n) is 6.77. The summed E-state index contributed by atoms with van der Waals surface area (Å²) in [4.78, 5) is 14.1. The van der Waals surface area contributed by atoms with Crippen LogP contribution in [0.2, 0.25) is 10.0 Å². The largest absolute Gasteiger partial charge is 0.302 e. The van der Waals surface area contributed by atoms with E-state index in [0.717, 1.165) is 17.7 Å². The molecule has 110 valence electrons. The van der Waals surface area contributed by atoms with Crippen LogP contribution in [-0.2, 0) is 6.54 Å². The van der Waals surface area contributed by atoms with Crippen LogP contribution in [0.4, 0.5) is 0 Å². The summed E-state index contributed by atoms with van der Waals surface area (Å²) in [6.45, 7) is 1.44. The number of Topliss-reactive ketones (excluding diaryl/α,β-unsaturated/α-hetero) is 1. The second-order valence-corrected chi connectivity index (χ2v) is 5.84. The van der Waals surface area contributed by atoms with Gasteiger partial charge in [-0.1, -0.05) is 59.6 Å². The molecule has 2 aromatic rings. The molecule has 0 radical (unpaired) electrons. The molecule has 0 atom stereocenters. The summed E-state index contributed by atoms with van der Waals surface area (Å²) in [5.74, 6) is 0.164. The van der Waals surface area contributed by atoms with Crippen LogP contribution < -0.4 is 0 Å². The predicted molar refractivity (Wildman–Crippen MR) is 88.2 cm³/mol. The van der Waals surface area contributed by atoms with Crippen molar-refractivity contribution in [2.24, 2.45) is 0 Å². The minimum atomic E-state index is 0.164. The highest BCUT2D eigenvalue weighted by molar-refractivity contribution is 6.42. The summed E-state index contributed by atoms with van der Waals surface area (Å²) >= 11 is 11.9. The zero-order chi connectivity index (χ0) is 15.2. The van der Waals surface area contributed by atoms with Gasteiger partial charge in [0.2, 0.25) is 0 Å². The Labute approximate surface area is 135 Å². The van der Waals surface area contributed by atoms with E-state index in [1.54, 1.807) is 6.07 Å². The molecule has 2 rings (SSSR count). The maximum atomic E-state index is 12.0. The lowest BCUT2D eigenvalue weighted by atomic mass is 10.1. The van der Waals surface area contributed by atoms with Gasteiger partial charge in [-0.2, -0.15) is 0 Å². The van der Waals surface area contributed by atoms with Crippen LogP contribution in [0.3, 0.4) is 0 Å². The first-order chi connectivity index (χ1) is 10.1. The van der Waals surface area contributed by atoms with Crippen molar-refractivity contribution in [3.05, 3.63) is 69.7 Å². The molecule has 2 aromatic carbocycles. The van der Waals surface area contributed by atoms with Gasteiger partial charge in [0.15, 0.2) is 5.78 Å². The lowest BCUT2D eigenvalue weighted by Gasteiger charge is -2.16. The van der Waals surface area contributed by atoms with Gasteiger partial charge in [0.25, 0.3) is 0 Å². The zero-order valence-corrected chi connectivity index (χ0v) is 13.4. The summed E-state index contributed by atoms with van der Waals surface area (Å²) in [6.07, 6.45) is 0.502. The predicted octanol–water partition coefficient (Wildman–Crippen LogP) is 4.70. The smallest absolute Gasteiger partial charge is 0.164 e. The minimum absolute atomic E-state index is 0.164. The Bertz CT molecular complexity index is 613. The molecule has 0 aliphatic carbocycles. The molecule has 0 fully saturated rings. The van der Waals surface area contributed by atoms with Crippen molar-refractivity contribution < 1.29 is 4.79 Å². The van der Waals surface area contributed by atoms with Crippen molar-refractivity contribution >= 4 is 29.0 Å². The molecule has 2 nitrogen and oxygen atoms in total. The van der Waals surface area contributed by atoms with Gasteiger partial charge < -0.3 is 4.90 Å². The van der Waals surface area contributed by atoms with Gasteiger partial charge in [-0.15, -0.1) is 0 Å². The molecule has 0 aliphatic rings. The summed E-state index contributed by atoms with van der Waals surface area (Å²) in [5, 5.41) is 1.12. The second kappa shape index (κ2) is 7.60. The monoisotopic (exact) mass is 321 g/mol. The number of ketones is 1. The molecule has 0 amide bonds. The molecule has 0 N–H and O–H groups in total. The molecule has 21 heavy (non-hydrogen) atoms. The van der Waals surface area contributed by atoms with Gasteiger partial charge >= 0.3 is 0 Å². The summed E-state index contributed by atoms with van der Waals surface area (Å²) in [6, 6.07) is 15.0. The van der Waals surface area contributed by atoms with Crippen LogP contribution in [0.25, 0.3) is 0 Å². The SMILES string of the molecule is CN(CCC(=O)c1ccccc1)Cc1ccc(Cl)c(Cl)c1. The molecule has 0 saturated carbocycles. The fourth-order valence-electron chi connectivity index (χ4n) is 2.09. The minimum Gasteiger partial charge on any atom is -0.302 e. The number of nitrogens with zero attached hydrogens (tertiary/aromatic N) is 1. The maximum absolute atomic E-state index is 12.0. The van der Waals surface area contributed by atoms with E-state index in [4.69, 9.17) is 23.2 Å². The van der Waals surface area contributed by atoms with Crippen LogP contribution in [0.15, 0.2) is 48.5 Å². The Morgan fingerprint density at radius 2 is 1.76 bits per heavy atom. The molecule has 0 bridgehead atoms. The van der Waals surface area contributed by atoms with E-state index in [1.165, 1.54) is 0 Å². The maximum Gasteiger partial charge on any atom is 0.164 e. The molecule has 0 spiro atoms. The summed E-state index contributed by atoms with van der Waals surface area (Å²) in [7, 11) is 1.99. The fourth-order valence-corrected chi connectivity index (χ4v) is 2.41. The van der Waals surface area contributed by atoms with Crippen molar-refractivity contribution in [1.82, 2.24) is 4.90 Å². The van der Waals surface area contributed by atoms with E-state index < -0.39 is 0 Å². The molecule has 0 aliphatic heterocycles. The molecule has 0 heterocycles. The number of hydrogen-bond acceptors (Lipinski definition) is 2. The number of hydrogen-bond donors (Lipinski definition) is 0. The van der Waals surface area contributed by atoms with Crippen molar-refractivity contribution in [2.45, 2.75) is 13.0 Å². The van der Waals surface area contributed by atoms with E-state index in [1.807, 2.05) is 49.5 Å². The Morgan fingerprint density at radius 1 is 1.05 bits per heavy atom. The van der Waals surface area contributed by atoms with E-state index in [-0.39, 0.29) is 5.78 Å². The number of rotatable bonds is 6. The van der Waals surface area contributed by atoms with Gasteiger partial charge in [0.1, 0.15) is 0 Å². The third kappa shape index (κ3) is 4.85. The van der Waals surface area contributed by atoms with Crippen LogP contribution in [0.1, 0.15) is 22.3 Å². The highest BCUT2D eigenvalue weighted by Crippen LogP contribution is 2.23. The summed E-state index contributed by atoms with van der Waals surface area (Å²) in [5.41, 5.74) is 1.85. The Morgan fingerprint density at radius 3 is 2.43 bits per heavy atom. The van der Waals surface area contributed by atoms with Crippen LogP contribution in [-0.4, -0.2) is 24.3 Å². The normalized spacial score (nSPS) is 10.9. The Kier molecular flexibility index (Phi) is 5.80. The lowest BCUT2D eigenvalue weighted by molar-refractivity contribution is 0.0968. The van der Waals surface area contributed by atoms with E-state index >= 15 is 0 Å². The average molecular weight is 322 g/mol. The van der Waals surface area contributed by atoms with E-state index in [0.29, 0.717) is 23.0 Å². The standard InChI is InChI=1S/C17H17Cl2NO/c1-20(12-13-7-8-15(18)16(19)11-13)10-9-17(21)14-5-3-2-4-6-14/h2-8,11H,9-10,12H2,1H3. The first-order valence-corrected chi connectivity index (χ1v) is 7.52. The van der Waals surface area contributed by atoms with Gasteiger partial charge in [0.05, 0.1) is 10.0 Å². The number of benzene rings is 2. The van der Waals surface area contributed by atoms with Crippen molar-refractivity contribution in [1.29, 1.82) is 0 Å². The van der Waals surface area contributed by atoms with Crippen molar-refractivity contribution in [2.75, 3.05) is 13.6 Å². The molecular formula is C17H17Cl2NO. The fraction of sp³-hybridized carbons (Fsp3) is 0.235.